The molecule has 0 spiro atoms. The van der Waals surface area contributed by atoms with Crippen LogP contribution < -0.4 is 0 Å². The third-order valence-electron chi connectivity index (χ3n) is 2.45. The summed E-state index contributed by atoms with van der Waals surface area (Å²) < 4.78 is 18.1. The van der Waals surface area contributed by atoms with Gasteiger partial charge in [-0.1, -0.05) is 11.6 Å². The minimum atomic E-state index is -0.970. The van der Waals surface area contributed by atoms with Gasteiger partial charge in [0.15, 0.2) is 0 Å². The first-order valence-electron chi connectivity index (χ1n) is 4.76. The van der Waals surface area contributed by atoms with Crippen LogP contribution in [-0.2, 0) is 0 Å². The second-order valence-electron chi connectivity index (χ2n) is 3.50. The van der Waals surface area contributed by atoms with E-state index in [1.54, 1.807) is 13.0 Å². The maximum absolute atomic E-state index is 13.1. The van der Waals surface area contributed by atoms with Gasteiger partial charge >= 0.3 is 0 Å². The Kier molecular flexibility index (Phi) is 2.99. The highest BCUT2D eigenvalue weighted by atomic mass is 35.5. The zero-order valence-electron chi connectivity index (χ0n) is 8.58. The molecule has 4 heteroatoms. The summed E-state index contributed by atoms with van der Waals surface area (Å²) in [5.41, 5.74) is 0.929. The summed E-state index contributed by atoms with van der Waals surface area (Å²) >= 11 is 5.90. The van der Waals surface area contributed by atoms with Gasteiger partial charge in [0.2, 0.25) is 0 Å². The average molecular weight is 241 g/mol. The Morgan fingerprint density at radius 2 is 2.06 bits per heavy atom. The molecule has 1 unspecified atom stereocenters. The van der Waals surface area contributed by atoms with Gasteiger partial charge in [0.1, 0.15) is 17.7 Å². The monoisotopic (exact) mass is 240 g/mol. The highest BCUT2D eigenvalue weighted by molar-refractivity contribution is 6.31. The van der Waals surface area contributed by atoms with Gasteiger partial charge in [0, 0.05) is 16.1 Å². The molecule has 0 aliphatic heterocycles. The lowest BCUT2D eigenvalue weighted by Crippen LogP contribution is -2.01. The van der Waals surface area contributed by atoms with Crippen LogP contribution in [0.3, 0.4) is 0 Å². The molecule has 0 aliphatic carbocycles. The standard InChI is InChI=1S/C12H10ClFO2/c1-7-9(4-5-16-7)12(15)10-6-8(14)2-3-11(10)13/h2-6,12,15H,1H3. The van der Waals surface area contributed by atoms with Crippen molar-refractivity contribution in [2.24, 2.45) is 0 Å². The number of halogens is 2. The summed E-state index contributed by atoms with van der Waals surface area (Å²) in [6.07, 6.45) is 0.503. The quantitative estimate of drug-likeness (QED) is 0.872. The van der Waals surface area contributed by atoms with Crippen molar-refractivity contribution < 1.29 is 13.9 Å². The molecule has 0 amide bonds. The molecule has 0 saturated carbocycles. The number of aliphatic hydroxyl groups is 1. The number of furan rings is 1. The van der Waals surface area contributed by atoms with Crippen LogP contribution in [0.1, 0.15) is 23.0 Å². The lowest BCUT2D eigenvalue weighted by molar-refractivity contribution is 0.217. The topological polar surface area (TPSA) is 33.4 Å². The molecule has 1 atom stereocenters. The number of benzene rings is 1. The van der Waals surface area contributed by atoms with E-state index in [2.05, 4.69) is 0 Å². The van der Waals surface area contributed by atoms with Crippen molar-refractivity contribution in [1.82, 2.24) is 0 Å². The van der Waals surface area contributed by atoms with Crippen LogP contribution in [0.5, 0.6) is 0 Å². The van der Waals surface area contributed by atoms with E-state index in [1.807, 2.05) is 0 Å². The van der Waals surface area contributed by atoms with E-state index in [9.17, 15) is 9.50 Å². The maximum Gasteiger partial charge on any atom is 0.123 e. The molecule has 0 bridgehead atoms. The van der Waals surface area contributed by atoms with Gasteiger partial charge in [0.05, 0.1) is 6.26 Å². The number of aliphatic hydroxyl groups excluding tert-OH is 1. The molecule has 1 N–H and O–H groups in total. The summed E-state index contributed by atoms with van der Waals surface area (Å²) in [4.78, 5) is 0. The minimum Gasteiger partial charge on any atom is -0.469 e. The van der Waals surface area contributed by atoms with Crippen LogP contribution in [0, 0.1) is 12.7 Å². The zero-order chi connectivity index (χ0) is 11.7. The first-order valence-corrected chi connectivity index (χ1v) is 5.14. The van der Waals surface area contributed by atoms with Gasteiger partial charge in [-0.3, -0.25) is 0 Å². The predicted molar refractivity (Wildman–Crippen MR) is 58.9 cm³/mol. The largest absolute Gasteiger partial charge is 0.469 e. The van der Waals surface area contributed by atoms with Crippen molar-refractivity contribution in [2.75, 3.05) is 0 Å². The first-order chi connectivity index (χ1) is 7.59. The minimum absolute atomic E-state index is 0.328. The van der Waals surface area contributed by atoms with Crippen molar-refractivity contribution >= 4 is 11.6 Å². The van der Waals surface area contributed by atoms with Crippen LogP contribution in [0.15, 0.2) is 34.9 Å². The lowest BCUT2D eigenvalue weighted by atomic mass is 10.0. The number of hydrogen-bond acceptors (Lipinski definition) is 2. The average Bonchev–Trinajstić information content (AvgIpc) is 2.67. The fourth-order valence-electron chi connectivity index (χ4n) is 1.57. The van der Waals surface area contributed by atoms with Crippen molar-refractivity contribution in [3.05, 3.63) is 58.3 Å². The Labute approximate surface area is 97.3 Å². The van der Waals surface area contributed by atoms with Crippen molar-refractivity contribution in [2.45, 2.75) is 13.0 Å². The van der Waals surface area contributed by atoms with Crippen LogP contribution >= 0.6 is 11.6 Å². The maximum atomic E-state index is 13.1. The van der Waals surface area contributed by atoms with Gasteiger partial charge in [-0.05, 0) is 31.2 Å². The summed E-state index contributed by atoms with van der Waals surface area (Å²) in [6.45, 7) is 1.73. The lowest BCUT2D eigenvalue weighted by Gasteiger charge is -2.11. The van der Waals surface area contributed by atoms with Crippen LogP contribution in [0.4, 0.5) is 4.39 Å². The Morgan fingerprint density at radius 3 is 2.69 bits per heavy atom. The molecular formula is C12H10ClFO2. The van der Waals surface area contributed by atoms with E-state index in [0.29, 0.717) is 21.9 Å². The Balaban J connectivity index is 2.45. The van der Waals surface area contributed by atoms with Gasteiger partial charge in [-0.2, -0.15) is 0 Å². The Hall–Kier alpha value is -1.32. The number of rotatable bonds is 2. The smallest absolute Gasteiger partial charge is 0.123 e. The zero-order valence-corrected chi connectivity index (χ0v) is 9.33. The summed E-state index contributed by atoms with van der Waals surface area (Å²) in [5.74, 6) is 0.160. The van der Waals surface area contributed by atoms with Crippen molar-refractivity contribution in [3.63, 3.8) is 0 Å². The Morgan fingerprint density at radius 1 is 1.31 bits per heavy atom. The van der Waals surface area contributed by atoms with Gasteiger partial charge in [-0.25, -0.2) is 4.39 Å². The van der Waals surface area contributed by atoms with E-state index >= 15 is 0 Å². The molecule has 84 valence electrons. The van der Waals surface area contributed by atoms with Crippen LogP contribution in [-0.4, -0.2) is 5.11 Å². The molecule has 16 heavy (non-hydrogen) atoms. The predicted octanol–water partition coefficient (Wildman–Crippen LogP) is 3.46. The highest BCUT2D eigenvalue weighted by Crippen LogP contribution is 2.30. The van der Waals surface area contributed by atoms with E-state index in [0.717, 1.165) is 0 Å². The summed E-state index contributed by atoms with van der Waals surface area (Å²) in [7, 11) is 0. The first kappa shape index (κ1) is 11.2. The molecule has 1 aromatic heterocycles. The third-order valence-corrected chi connectivity index (χ3v) is 2.79. The SMILES string of the molecule is Cc1occc1C(O)c1cc(F)ccc1Cl. The van der Waals surface area contributed by atoms with E-state index < -0.39 is 11.9 Å². The molecule has 1 aromatic carbocycles. The third kappa shape index (κ3) is 1.96. The number of hydrogen-bond donors (Lipinski definition) is 1. The van der Waals surface area contributed by atoms with Crippen LogP contribution in [0.25, 0.3) is 0 Å². The molecule has 0 aliphatic rings. The van der Waals surface area contributed by atoms with E-state index in [4.69, 9.17) is 16.0 Å². The highest BCUT2D eigenvalue weighted by Gasteiger charge is 2.18. The van der Waals surface area contributed by atoms with Crippen molar-refractivity contribution in [3.8, 4) is 0 Å². The molecule has 2 nitrogen and oxygen atoms in total. The molecule has 0 radical (unpaired) electrons. The Bertz CT molecular complexity index is 507. The fourth-order valence-corrected chi connectivity index (χ4v) is 1.79. The second kappa shape index (κ2) is 4.28. The molecule has 2 aromatic rings. The molecule has 0 fully saturated rings. The fraction of sp³-hybridized carbons (Fsp3) is 0.167. The van der Waals surface area contributed by atoms with Gasteiger partial charge < -0.3 is 9.52 Å². The summed E-state index contributed by atoms with van der Waals surface area (Å²) in [5, 5.41) is 10.4. The molecule has 0 saturated heterocycles. The number of aryl methyl sites for hydroxylation is 1. The van der Waals surface area contributed by atoms with E-state index in [1.165, 1.54) is 24.5 Å². The molecule has 2 rings (SSSR count). The van der Waals surface area contributed by atoms with Crippen molar-refractivity contribution in [1.29, 1.82) is 0 Å². The van der Waals surface area contributed by atoms with E-state index in [-0.39, 0.29) is 0 Å². The molecular weight excluding hydrogens is 231 g/mol. The molecule has 1 heterocycles. The summed E-state index contributed by atoms with van der Waals surface area (Å²) in [6, 6.07) is 5.53. The normalized spacial score (nSPS) is 12.8. The van der Waals surface area contributed by atoms with Gasteiger partial charge in [0.25, 0.3) is 0 Å². The van der Waals surface area contributed by atoms with Crippen LogP contribution in [0.2, 0.25) is 5.02 Å². The van der Waals surface area contributed by atoms with Gasteiger partial charge in [-0.15, -0.1) is 0 Å². The second-order valence-corrected chi connectivity index (χ2v) is 3.91.